The van der Waals surface area contributed by atoms with Crippen LogP contribution in [0.2, 0.25) is 0 Å². The van der Waals surface area contributed by atoms with E-state index < -0.39 is 0 Å². The topological polar surface area (TPSA) is 38.1 Å². The van der Waals surface area contributed by atoms with Crippen molar-refractivity contribution in [3.8, 4) is 0 Å². The van der Waals surface area contributed by atoms with Crippen molar-refractivity contribution in [2.24, 2.45) is 0 Å². The Morgan fingerprint density at radius 1 is 1.54 bits per heavy atom. The quantitative estimate of drug-likeness (QED) is 0.725. The summed E-state index contributed by atoms with van der Waals surface area (Å²) in [5.41, 5.74) is 0.966. The fraction of sp³-hybridized carbons (Fsp3) is 0.700. The Labute approximate surface area is 79.5 Å². The average Bonchev–Trinajstić information content (AvgIpc) is 2.77. The molecule has 0 saturated carbocycles. The molecule has 13 heavy (non-hydrogen) atoms. The Morgan fingerprint density at radius 2 is 2.31 bits per heavy atom. The van der Waals surface area contributed by atoms with Crippen molar-refractivity contribution >= 4 is 0 Å². The summed E-state index contributed by atoms with van der Waals surface area (Å²) < 4.78 is 5.14. The van der Waals surface area contributed by atoms with Gasteiger partial charge in [0.15, 0.2) is 5.76 Å². The van der Waals surface area contributed by atoms with Gasteiger partial charge >= 0.3 is 0 Å². The monoisotopic (exact) mass is 182 g/mol. The van der Waals surface area contributed by atoms with Crippen LogP contribution in [0.15, 0.2) is 10.6 Å². The summed E-state index contributed by atoms with van der Waals surface area (Å²) in [5.74, 6) is 0.986. The molecule has 1 aromatic heterocycles. The Balaban J connectivity index is 0.000000396. The first-order valence-corrected chi connectivity index (χ1v) is 5.03. The van der Waals surface area contributed by atoms with Gasteiger partial charge in [-0.25, -0.2) is 0 Å². The maximum absolute atomic E-state index is 5.14. The van der Waals surface area contributed by atoms with E-state index in [4.69, 9.17) is 4.52 Å². The normalized spacial score (nSPS) is 21.0. The largest absolute Gasteiger partial charge is 0.359 e. The van der Waals surface area contributed by atoms with Crippen molar-refractivity contribution in [2.75, 3.05) is 6.54 Å². The molecule has 2 rings (SSSR count). The van der Waals surface area contributed by atoms with Crippen molar-refractivity contribution in [2.45, 2.75) is 39.7 Å². The zero-order chi connectivity index (χ0) is 9.68. The predicted octanol–water partition coefficient (Wildman–Crippen LogP) is 2.43. The van der Waals surface area contributed by atoms with Crippen LogP contribution >= 0.6 is 0 Å². The Morgan fingerprint density at radius 3 is 2.77 bits per heavy atom. The first kappa shape index (κ1) is 10.3. The first-order chi connectivity index (χ1) is 6.36. The van der Waals surface area contributed by atoms with Crippen LogP contribution in [-0.4, -0.2) is 11.7 Å². The number of nitrogens with one attached hydrogen (secondary N) is 1. The number of aromatic nitrogens is 1. The predicted molar refractivity (Wildman–Crippen MR) is 52.6 cm³/mol. The lowest BCUT2D eigenvalue weighted by atomic mass is 10.2. The van der Waals surface area contributed by atoms with Crippen LogP contribution < -0.4 is 5.32 Å². The molecule has 1 atom stereocenters. The molecule has 0 radical (unpaired) electrons. The second kappa shape index (κ2) is 5.02. The second-order valence-corrected chi connectivity index (χ2v) is 3.02. The molecule has 3 nitrogen and oxygen atoms in total. The molecule has 74 valence electrons. The molecule has 1 unspecified atom stereocenters. The van der Waals surface area contributed by atoms with Gasteiger partial charge in [-0.3, -0.25) is 0 Å². The molecule has 1 aliphatic heterocycles. The number of hydrogen-bond donors (Lipinski definition) is 1. The third kappa shape index (κ3) is 2.56. The molecule has 0 bridgehead atoms. The standard InChI is InChI=1S/C8H12N2O.C2H6/c1-6-5-8(11-10-6)7-3-2-4-9-7;1-2/h5,7,9H,2-4H2,1H3;1-2H3. The molecule has 0 spiro atoms. The van der Waals surface area contributed by atoms with Crippen LogP contribution in [0.4, 0.5) is 0 Å². The molecule has 1 fully saturated rings. The molecule has 2 heterocycles. The molecular weight excluding hydrogens is 164 g/mol. The zero-order valence-corrected chi connectivity index (χ0v) is 8.63. The van der Waals surface area contributed by atoms with Gasteiger partial charge in [0.2, 0.25) is 0 Å². The SMILES string of the molecule is CC.Cc1cc(C2CCCN2)on1. The summed E-state index contributed by atoms with van der Waals surface area (Å²) in [5, 5.41) is 7.20. The fourth-order valence-corrected chi connectivity index (χ4v) is 1.47. The molecular formula is C10H18N2O. The molecule has 3 heteroatoms. The van der Waals surface area contributed by atoms with Gasteiger partial charge in [0.05, 0.1) is 11.7 Å². The highest BCUT2D eigenvalue weighted by atomic mass is 16.5. The van der Waals surface area contributed by atoms with E-state index in [0.29, 0.717) is 6.04 Å². The summed E-state index contributed by atoms with van der Waals surface area (Å²) in [4.78, 5) is 0. The highest BCUT2D eigenvalue weighted by Crippen LogP contribution is 2.22. The van der Waals surface area contributed by atoms with E-state index in [2.05, 4.69) is 10.5 Å². The highest BCUT2D eigenvalue weighted by Gasteiger charge is 2.19. The average molecular weight is 182 g/mol. The van der Waals surface area contributed by atoms with Gasteiger partial charge in [-0.15, -0.1) is 0 Å². The van der Waals surface area contributed by atoms with Crippen molar-refractivity contribution in [3.05, 3.63) is 17.5 Å². The van der Waals surface area contributed by atoms with E-state index in [1.807, 2.05) is 26.8 Å². The molecule has 1 saturated heterocycles. The Bertz CT molecular complexity index is 239. The first-order valence-electron chi connectivity index (χ1n) is 5.03. The fourth-order valence-electron chi connectivity index (χ4n) is 1.47. The van der Waals surface area contributed by atoms with Crippen LogP contribution in [0.1, 0.15) is 44.2 Å². The van der Waals surface area contributed by atoms with Crippen molar-refractivity contribution in [3.63, 3.8) is 0 Å². The number of aryl methyl sites for hydroxylation is 1. The maximum Gasteiger partial charge on any atom is 0.153 e. The minimum atomic E-state index is 0.413. The molecule has 1 N–H and O–H groups in total. The van der Waals surface area contributed by atoms with Crippen LogP contribution in [0.25, 0.3) is 0 Å². The summed E-state index contributed by atoms with van der Waals surface area (Å²) in [6, 6.07) is 2.42. The summed E-state index contributed by atoms with van der Waals surface area (Å²) >= 11 is 0. The third-order valence-corrected chi connectivity index (χ3v) is 2.05. The van der Waals surface area contributed by atoms with E-state index in [1.54, 1.807) is 0 Å². The van der Waals surface area contributed by atoms with E-state index in [-0.39, 0.29) is 0 Å². The lowest BCUT2D eigenvalue weighted by Gasteiger charge is -2.02. The van der Waals surface area contributed by atoms with Gasteiger partial charge in [-0.1, -0.05) is 19.0 Å². The van der Waals surface area contributed by atoms with Gasteiger partial charge in [0.25, 0.3) is 0 Å². The zero-order valence-electron chi connectivity index (χ0n) is 8.63. The molecule has 1 aromatic rings. The molecule has 0 amide bonds. The number of nitrogens with zero attached hydrogens (tertiary/aromatic N) is 1. The molecule has 1 aliphatic rings. The smallest absolute Gasteiger partial charge is 0.153 e. The third-order valence-electron chi connectivity index (χ3n) is 2.05. The van der Waals surface area contributed by atoms with E-state index >= 15 is 0 Å². The number of rotatable bonds is 1. The van der Waals surface area contributed by atoms with Gasteiger partial charge < -0.3 is 9.84 Å². The van der Waals surface area contributed by atoms with Gasteiger partial charge in [0.1, 0.15) is 0 Å². The lowest BCUT2D eigenvalue weighted by Crippen LogP contribution is -2.11. The minimum absolute atomic E-state index is 0.413. The summed E-state index contributed by atoms with van der Waals surface area (Å²) in [6.07, 6.45) is 2.42. The van der Waals surface area contributed by atoms with Crippen molar-refractivity contribution < 1.29 is 4.52 Å². The van der Waals surface area contributed by atoms with E-state index in [9.17, 15) is 0 Å². The Kier molecular flexibility index (Phi) is 3.96. The van der Waals surface area contributed by atoms with E-state index in [0.717, 1.165) is 18.0 Å². The van der Waals surface area contributed by atoms with Gasteiger partial charge in [-0.05, 0) is 26.3 Å². The van der Waals surface area contributed by atoms with Crippen molar-refractivity contribution in [1.29, 1.82) is 0 Å². The van der Waals surface area contributed by atoms with Crippen LogP contribution in [0, 0.1) is 6.92 Å². The van der Waals surface area contributed by atoms with Gasteiger partial charge in [-0.2, -0.15) is 0 Å². The second-order valence-electron chi connectivity index (χ2n) is 3.02. The van der Waals surface area contributed by atoms with Crippen molar-refractivity contribution in [1.82, 2.24) is 10.5 Å². The highest BCUT2D eigenvalue weighted by molar-refractivity contribution is 5.08. The lowest BCUT2D eigenvalue weighted by molar-refractivity contribution is 0.349. The molecule has 0 aromatic carbocycles. The van der Waals surface area contributed by atoms with Gasteiger partial charge in [0, 0.05) is 6.07 Å². The maximum atomic E-state index is 5.14. The molecule has 0 aliphatic carbocycles. The van der Waals surface area contributed by atoms with Crippen LogP contribution in [0.5, 0.6) is 0 Å². The van der Waals surface area contributed by atoms with Crippen LogP contribution in [0.3, 0.4) is 0 Å². The minimum Gasteiger partial charge on any atom is -0.359 e. The number of hydrogen-bond acceptors (Lipinski definition) is 3. The van der Waals surface area contributed by atoms with E-state index in [1.165, 1.54) is 12.8 Å². The Hall–Kier alpha value is -0.830. The summed E-state index contributed by atoms with van der Waals surface area (Å²) in [6.45, 7) is 7.05. The summed E-state index contributed by atoms with van der Waals surface area (Å²) in [7, 11) is 0. The van der Waals surface area contributed by atoms with Crippen LogP contribution in [-0.2, 0) is 0 Å².